The molecule has 1 amide bonds. The first-order valence-corrected chi connectivity index (χ1v) is 9.06. The summed E-state index contributed by atoms with van der Waals surface area (Å²) in [5.41, 5.74) is 0. The zero-order valence-electron chi connectivity index (χ0n) is 15.1. The summed E-state index contributed by atoms with van der Waals surface area (Å²) in [5, 5.41) is 2.76. The molecule has 5 heteroatoms. The molecule has 0 saturated heterocycles. The summed E-state index contributed by atoms with van der Waals surface area (Å²) >= 11 is 0. The second-order valence-electron chi connectivity index (χ2n) is 6.41. The van der Waals surface area contributed by atoms with Gasteiger partial charge in [-0.2, -0.15) is 0 Å². The van der Waals surface area contributed by atoms with Crippen molar-refractivity contribution in [2.24, 2.45) is 5.92 Å². The number of hydrogen-bond donors (Lipinski definition) is 1. The van der Waals surface area contributed by atoms with Gasteiger partial charge in [0.05, 0.1) is 6.61 Å². The summed E-state index contributed by atoms with van der Waals surface area (Å²) in [6.07, 6.45) is 6.44. The molecule has 1 aliphatic rings. The molecule has 0 radical (unpaired) electrons. The van der Waals surface area contributed by atoms with Gasteiger partial charge < -0.3 is 14.8 Å². The summed E-state index contributed by atoms with van der Waals surface area (Å²) in [7, 11) is 0. The van der Waals surface area contributed by atoms with E-state index in [1.165, 1.54) is 6.42 Å². The first-order valence-electron chi connectivity index (χ1n) is 9.06. The number of rotatable bonds is 11. The van der Waals surface area contributed by atoms with Gasteiger partial charge in [0.2, 0.25) is 5.91 Å². The molecule has 0 fully saturated rings. The number of nitrogens with one attached hydrogen (secondary N) is 1. The number of ketones is 1. The normalized spacial score (nSPS) is 17.5. The minimum atomic E-state index is -0.141. The van der Waals surface area contributed by atoms with E-state index in [4.69, 9.17) is 9.47 Å². The monoisotopic (exact) mass is 337 g/mol. The molecule has 0 aliphatic heterocycles. The van der Waals surface area contributed by atoms with Gasteiger partial charge in [-0.1, -0.05) is 26.2 Å². The van der Waals surface area contributed by atoms with Crippen molar-refractivity contribution in [2.75, 3.05) is 26.4 Å². The van der Waals surface area contributed by atoms with Crippen LogP contribution in [0.15, 0.2) is 0 Å². The predicted octanol–water partition coefficient (Wildman–Crippen LogP) is 2.48. The highest BCUT2D eigenvalue weighted by atomic mass is 16.5. The maximum absolute atomic E-state index is 11.7. The van der Waals surface area contributed by atoms with Gasteiger partial charge in [-0.25, -0.2) is 0 Å². The van der Waals surface area contributed by atoms with Crippen molar-refractivity contribution in [3.05, 3.63) is 0 Å². The van der Waals surface area contributed by atoms with E-state index in [1.807, 2.05) is 13.8 Å². The Labute approximate surface area is 145 Å². The number of ether oxygens (including phenoxy) is 2. The quantitative estimate of drug-likeness (QED) is 0.465. The lowest BCUT2D eigenvalue weighted by atomic mass is 10.1. The van der Waals surface area contributed by atoms with Crippen molar-refractivity contribution in [3.8, 4) is 11.8 Å². The van der Waals surface area contributed by atoms with Crippen LogP contribution in [-0.2, 0) is 19.1 Å². The Hall–Kier alpha value is -1.38. The Morgan fingerprint density at radius 1 is 1.21 bits per heavy atom. The topological polar surface area (TPSA) is 64.6 Å². The van der Waals surface area contributed by atoms with E-state index in [0.29, 0.717) is 26.2 Å². The highest BCUT2D eigenvalue weighted by molar-refractivity contribution is 5.80. The summed E-state index contributed by atoms with van der Waals surface area (Å²) in [5.74, 6) is 6.39. The van der Waals surface area contributed by atoms with E-state index in [2.05, 4.69) is 17.2 Å². The highest BCUT2D eigenvalue weighted by Gasteiger charge is 2.10. The molecule has 1 unspecified atom stereocenters. The molecule has 0 bridgehead atoms. The van der Waals surface area contributed by atoms with Gasteiger partial charge >= 0.3 is 0 Å². The third-order valence-corrected chi connectivity index (χ3v) is 3.87. The zero-order chi connectivity index (χ0) is 17.6. The van der Waals surface area contributed by atoms with Gasteiger partial charge in [-0.15, -0.1) is 5.92 Å². The molecule has 5 nitrogen and oxygen atoms in total. The first kappa shape index (κ1) is 20.7. The standard InChI is InChI=1S/C19H31NO4/c1-16(2)18(21)11-8-13-23-14-12-20-19(22)15-24-17-9-6-4-3-5-7-10-17/h16-17H,3-6,8-9,11-15H2,1-2H3,(H,20,22). The Morgan fingerprint density at radius 2 is 2.04 bits per heavy atom. The number of Topliss-reactive ketones (excluding diaryl/α,β-unsaturated/α-hetero) is 1. The van der Waals surface area contributed by atoms with E-state index in [9.17, 15) is 9.59 Å². The first-order chi connectivity index (χ1) is 11.6. The molecule has 0 saturated carbocycles. The van der Waals surface area contributed by atoms with Crippen LogP contribution >= 0.6 is 0 Å². The average Bonchev–Trinajstić information content (AvgIpc) is 2.52. The molecule has 1 aliphatic carbocycles. The van der Waals surface area contributed by atoms with Crippen molar-refractivity contribution in [1.29, 1.82) is 0 Å². The summed E-state index contributed by atoms with van der Waals surface area (Å²) in [6.45, 7) is 5.30. The summed E-state index contributed by atoms with van der Waals surface area (Å²) in [4.78, 5) is 23.1. The number of amides is 1. The molecule has 1 rings (SSSR count). The molecule has 136 valence electrons. The molecule has 1 N–H and O–H groups in total. The van der Waals surface area contributed by atoms with Crippen LogP contribution in [0.25, 0.3) is 0 Å². The fourth-order valence-corrected chi connectivity index (χ4v) is 2.33. The molecular weight excluding hydrogens is 306 g/mol. The molecule has 0 aromatic heterocycles. The van der Waals surface area contributed by atoms with Crippen LogP contribution in [0.4, 0.5) is 0 Å². The maximum atomic E-state index is 11.7. The van der Waals surface area contributed by atoms with E-state index in [1.54, 1.807) is 0 Å². The van der Waals surface area contributed by atoms with Crippen LogP contribution in [0.3, 0.4) is 0 Å². The van der Waals surface area contributed by atoms with Gasteiger partial charge in [0.1, 0.15) is 18.5 Å². The molecular formula is C19H31NO4. The SMILES string of the molecule is CC(C)C(=O)CCCOCCNC(=O)COC1C#CCCCCC1. The van der Waals surface area contributed by atoms with Crippen LogP contribution in [0.2, 0.25) is 0 Å². The molecule has 0 aromatic rings. The average molecular weight is 337 g/mol. The van der Waals surface area contributed by atoms with Crippen molar-refractivity contribution in [2.45, 2.75) is 64.9 Å². The minimum Gasteiger partial charge on any atom is -0.380 e. The highest BCUT2D eigenvalue weighted by Crippen LogP contribution is 2.10. The van der Waals surface area contributed by atoms with E-state index in [0.717, 1.165) is 32.1 Å². The fraction of sp³-hybridized carbons (Fsp3) is 0.789. The van der Waals surface area contributed by atoms with Gasteiger partial charge in [0, 0.05) is 31.9 Å². The van der Waals surface area contributed by atoms with Crippen molar-refractivity contribution in [1.82, 2.24) is 5.32 Å². The van der Waals surface area contributed by atoms with Crippen LogP contribution < -0.4 is 5.32 Å². The fourth-order valence-electron chi connectivity index (χ4n) is 2.33. The predicted molar refractivity (Wildman–Crippen MR) is 93.5 cm³/mol. The van der Waals surface area contributed by atoms with Crippen molar-refractivity contribution < 1.29 is 19.1 Å². The van der Waals surface area contributed by atoms with E-state index >= 15 is 0 Å². The van der Waals surface area contributed by atoms with E-state index < -0.39 is 0 Å². The number of carbonyl (C=O) groups is 2. The van der Waals surface area contributed by atoms with Gasteiger partial charge in [-0.3, -0.25) is 9.59 Å². The maximum Gasteiger partial charge on any atom is 0.246 e. The smallest absolute Gasteiger partial charge is 0.246 e. The molecule has 1 atom stereocenters. The lowest BCUT2D eigenvalue weighted by Gasteiger charge is -2.13. The number of hydrogen-bond acceptors (Lipinski definition) is 4. The molecule has 24 heavy (non-hydrogen) atoms. The summed E-state index contributed by atoms with van der Waals surface area (Å²) in [6, 6.07) is 0. The van der Waals surface area contributed by atoms with Crippen LogP contribution in [-0.4, -0.2) is 44.2 Å². The van der Waals surface area contributed by atoms with Crippen LogP contribution in [0.1, 0.15) is 58.8 Å². The van der Waals surface area contributed by atoms with Crippen LogP contribution in [0, 0.1) is 17.8 Å². The van der Waals surface area contributed by atoms with Crippen molar-refractivity contribution in [3.63, 3.8) is 0 Å². The third kappa shape index (κ3) is 10.4. The molecule has 0 aromatic carbocycles. The zero-order valence-corrected chi connectivity index (χ0v) is 15.1. The summed E-state index contributed by atoms with van der Waals surface area (Å²) < 4.78 is 11.0. The Bertz CT molecular complexity index is 436. The Morgan fingerprint density at radius 3 is 2.83 bits per heavy atom. The Balaban J connectivity index is 1.99. The molecule has 0 spiro atoms. The second-order valence-corrected chi connectivity index (χ2v) is 6.41. The lowest BCUT2D eigenvalue weighted by Crippen LogP contribution is -2.32. The second kappa shape index (κ2) is 13.0. The third-order valence-electron chi connectivity index (χ3n) is 3.87. The molecule has 0 heterocycles. The van der Waals surface area contributed by atoms with Gasteiger partial charge in [-0.05, 0) is 25.7 Å². The van der Waals surface area contributed by atoms with Gasteiger partial charge in [0.15, 0.2) is 0 Å². The van der Waals surface area contributed by atoms with Crippen LogP contribution in [0.5, 0.6) is 0 Å². The van der Waals surface area contributed by atoms with Gasteiger partial charge in [0.25, 0.3) is 0 Å². The lowest BCUT2D eigenvalue weighted by molar-refractivity contribution is -0.127. The largest absolute Gasteiger partial charge is 0.380 e. The van der Waals surface area contributed by atoms with Crippen molar-refractivity contribution >= 4 is 11.7 Å². The minimum absolute atomic E-state index is 0.0439. The number of carbonyl (C=O) groups excluding carboxylic acids is 2. The Kier molecular flexibility index (Phi) is 11.2. The van der Waals surface area contributed by atoms with E-state index in [-0.39, 0.29) is 30.3 Å².